The molecule has 1 aromatic carbocycles. The van der Waals surface area contributed by atoms with E-state index in [-0.39, 0.29) is 17.1 Å². The molecular weight excluding hydrogens is 344 g/mol. The molecule has 2 heterocycles. The molecule has 1 fully saturated rings. The van der Waals surface area contributed by atoms with Gasteiger partial charge < -0.3 is 9.26 Å². The third-order valence-electron chi connectivity index (χ3n) is 3.81. The summed E-state index contributed by atoms with van der Waals surface area (Å²) in [6.45, 7) is 1.95. The van der Waals surface area contributed by atoms with Crippen molar-refractivity contribution in [2.75, 3.05) is 19.7 Å². The van der Waals surface area contributed by atoms with Gasteiger partial charge in [-0.15, -0.1) is 0 Å². The quantitative estimate of drug-likeness (QED) is 0.586. The molecule has 0 bridgehead atoms. The lowest BCUT2D eigenvalue weighted by atomic mass is 10.3. The number of ether oxygens (including phenoxy) is 1. The fraction of sp³-hybridized carbons (Fsp3) is 0.312. The van der Waals surface area contributed by atoms with Crippen LogP contribution in [-0.2, 0) is 4.79 Å². The Morgan fingerprint density at radius 3 is 2.73 bits per heavy atom. The van der Waals surface area contributed by atoms with Crippen LogP contribution in [0.5, 0.6) is 5.75 Å². The number of carbonyl (C=O) groups excluding carboxylic acids is 2. The van der Waals surface area contributed by atoms with Crippen LogP contribution in [0.1, 0.15) is 22.7 Å². The Morgan fingerprint density at radius 1 is 1.31 bits per heavy atom. The molecule has 1 aliphatic heterocycles. The highest BCUT2D eigenvalue weighted by atomic mass is 16.6. The van der Waals surface area contributed by atoms with Crippen LogP contribution in [-0.4, -0.2) is 51.6 Å². The number of hydrogen-bond donors (Lipinski definition) is 0. The molecule has 0 saturated carbocycles. The zero-order valence-electron chi connectivity index (χ0n) is 14.0. The van der Waals surface area contributed by atoms with Gasteiger partial charge in [-0.2, -0.15) is 0 Å². The van der Waals surface area contributed by atoms with Crippen LogP contribution in [0, 0.1) is 17.0 Å². The topological polar surface area (TPSA) is 119 Å². The van der Waals surface area contributed by atoms with E-state index in [0.29, 0.717) is 25.3 Å². The number of amides is 2. The summed E-state index contributed by atoms with van der Waals surface area (Å²) in [4.78, 5) is 35.3. The van der Waals surface area contributed by atoms with E-state index in [2.05, 4.69) is 5.16 Å². The molecule has 0 aliphatic carbocycles. The van der Waals surface area contributed by atoms with Gasteiger partial charge in [0.05, 0.1) is 4.92 Å². The monoisotopic (exact) mass is 360 g/mol. The molecule has 0 atom stereocenters. The highest BCUT2D eigenvalue weighted by Crippen LogP contribution is 2.26. The van der Waals surface area contributed by atoms with Crippen LogP contribution >= 0.6 is 0 Å². The van der Waals surface area contributed by atoms with Crippen molar-refractivity contribution in [3.8, 4) is 5.75 Å². The fourth-order valence-electron chi connectivity index (χ4n) is 2.63. The van der Waals surface area contributed by atoms with Crippen molar-refractivity contribution in [2.24, 2.45) is 0 Å². The second-order valence-electron chi connectivity index (χ2n) is 5.64. The molecule has 10 heteroatoms. The summed E-state index contributed by atoms with van der Waals surface area (Å²) in [6, 6.07) is 7.28. The van der Waals surface area contributed by atoms with Gasteiger partial charge in [-0.25, -0.2) is 10.0 Å². The first kappa shape index (κ1) is 17.4. The van der Waals surface area contributed by atoms with Gasteiger partial charge >= 0.3 is 5.69 Å². The first-order valence-electron chi connectivity index (χ1n) is 7.89. The number of nitrogens with zero attached hydrogens (tertiary/aromatic N) is 4. The number of para-hydroxylation sites is 2. The van der Waals surface area contributed by atoms with Crippen molar-refractivity contribution in [1.29, 1.82) is 0 Å². The van der Waals surface area contributed by atoms with Crippen LogP contribution < -0.4 is 4.74 Å². The largest absolute Gasteiger partial charge is 0.477 e. The molecule has 1 aromatic heterocycles. The first-order valence-corrected chi connectivity index (χ1v) is 7.89. The summed E-state index contributed by atoms with van der Waals surface area (Å²) in [5.41, 5.74) is -0.116. The van der Waals surface area contributed by atoms with E-state index in [1.807, 2.05) is 0 Å². The lowest BCUT2D eigenvalue weighted by Gasteiger charge is -2.26. The number of nitro benzene ring substituents is 1. The van der Waals surface area contributed by atoms with E-state index < -0.39 is 23.3 Å². The second kappa shape index (κ2) is 7.21. The minimum Gasteiger partial charge on any atom is -0.477 e. The number of nitro groups is 1. The maximum Gasteiger partial charge on any atom is 0.310 e. The van der Waals surface area contributed by atoms with Gasteiger partial charge in [-0.3, -0.25) is 19.7 Å². The summed E-state index contributed by atoms with van der Waals surface area (Å²) < 4.78 is 10.2. The number of hydrogen-bond acceptors (Lipinski definition) is 7. The lowest BCUT2D eigenvalue weighted by Crippen LogP contribution is -2.46. The van der Waals surface area contributed by atoms with Crippen molar-refractivity contribution in [3.05, 3.63) is 51.9 Å². The molecule has 10 nitrogen and oxygen atoms in total. The predicted octanol–water partition coefficient (Wildman–Crippen LogP) is 1.56. The van der Waals surface area contributed by atoms with Gasteiger partial charge in [0.15, 0.2) is 18.1 Å². The number of hydrazine groups is 1. The van der Waals surface area contributed by atoms with Crippen molar-refractivity contribution in [2.45, 2.75) is 13.3 Å². The van der Waals surface area contributed by atoms with Crippen LogP contribution in [0.4, 0.5) is 5.69 Å². The van der Waals surface area contributed by atoms with E-state index in [9.17, 15) is 19.7 Å². The van der Waals surface area contributed by atoms with Gasteiger partial charge in [0, 0.05) is 25.2 Å². The first-order chi connectivity index (χ1) is 12.5. The summed E-state index contributed by atoms with van der Waals surface area (Å²) in [5.74, 6) is -0.437. The van der Waals surface area contributed by atoms with Crippen molar-refractivity contribution in [1.82, 2.24) is 15.2 Å². The number of benzene rings is 1. The van der Waals surface area contributed by atoms with Crippen molar-refractivity contribution < 1.29 is 23.8 Å². The zero-order valence-corrected chi connectivity index (χ0v) is 14.0. The summed E-state index contributed by atoms with van der Waals surface area (Å²) in [6.07, 6.45) is 0.611. The maximum absolute atomic E-state index is 12.5. The van der Waals surface area contributed by atoms with Crippen LogP contribution in [0.15, 0.2) is 34.9 Å². The molecule has 2 aromatic rings. The van der Waals surface area contributed by atoms with E-state index in [4.69, 9.17) is 9.26 Å². The highest BCUT2D eigenvalue weighted by molar-refractivity contribution is 5.94. The van der Waals surface area contributed by atoms with E-state index in [0.717, 1.165) is 0 Å². The number of carbonyl (C=O) groups is 2. The van der Waals surface area contributed by atoms with E-state index in [1.54, 1.807) is 13.0 Å². The molecule has 2 amide bonds. The van der Waals surface area contributed by atoms with Gasteiger partial charge in [0.1, 0.15) is 5.76 Å². The molecular formula is C16H16N4O6. The Balaban J connectivity index is 1.67. The Bertz CT molecular complexity index is 849. The SMILES string of the molecule is Cc1cc(C(=O)N2CCCN2C(=O)COc2ccccc2[N+](=O)[O-])no1. The number of aryl methyl sites for hydroxylation is 1. The normalized spacial score (nSPS) is 13.7. The Labute approximate surface area is 148 Å². The van der Waals surface area contributed by atoms with E-state index in [1.165, 1.54) is 34.3 Å². The standard InChI is InChI=1S/C16H16N4O6/c1-11-9-12(17-26-11)16(22)19-8-4-7-18(19)15(21)10-25-14-6-3-2-5-13(14)20(23)24/h2-3,5-6,9H,4,7-8,10H2,1H3. The number of rotatable bonds is 5. The Kier molecular flexibility index (Phi) is 4.83. The fourth-order valence-corrected chi connectivity index (χ4v) is 2.63. The summed E-state index contributed by atoms with van der Waals surface area (Å²) in [5, 5.41) is 17.2. The van der Waals surface area contributed by atoms with Crippen LogP contribution in [0.3, 0.4) is 0 Å². The van der Waals surface area contributed by atoms with E-state index >= 15 is 0 Å². The van der Waals surface area contributed by atoms with Gasteiger partial charge in [0.2, 0.25) is 0 Å². The summed E-state index contributed by atoms with van der Waals surface area (Å²) >= 11 is 0. The average Bonchev–Trinajstić information content (AvgIpc) is 3.28. The Morgan fingerprint density at radius 2 is 2.04 bits per heavy atom. The molecule has 1 saturated heterocycles. The van der Waals surface area contributed by atoms with Crippen LogP contribution in [0.2, 0.25) is 0 Å². The zero-order chi connectivity index (χ0) is 18.7. The third kappa shape index (κ3) is 3.48. The second-order valence-corrected chi connectivity index (χ2v) is 5.64. The van der Waals surface area contributed by atoms with Crippen molar-refractivity contribution in [3.63, 3.8) is 0 Å². The molecule has 0 unspecified atom stereocenters. The molecule has 0 N–H and O–H groups in total. The van der Waals surface area contributed by atoms with Gasteiger partial charge in [-0.1, -0.05) is 17.3 Å². The summed E-state index contributed by atoms with van der Waals surface area (Å²) in [7, 11) is 0. The van der Waals surface area contributed by atoms with Crippen LogP contribution in [0.25, 0.3) is 0 Å². The third-order valence-corrected chi connectivity index (χ3v) is 3.81. The number of aromatic nitrogens is 1. The van der Waals surface area contributed by atoms with Crippen molar-refractivity contribution >= 4 is 17.5 Å². The smallest absolute Gasteiger partial charge is 0.310 e. The molecule has 136 valence electrons. The minimum absolute atomic E-state index is 0.00458. The predicted molar refractivity (Wildman–Crippen MR) is 87.2 cm³/mol. The van der Waals surface area contributed by atoms with Gasteiger partial charge in [0.25, 0.3) is 11.8 Å². The molecule has 0 radical (unpaired) electrons. The molecule has 1 aliphatic rings. The maximum atomic E-state index is 12.5. The molecule has 3 rings (SSSR count). The highest BCUT2D eigenvalue weighted by Gasteiger charge is 2.33. The van der Waals surface area contributed by atoms with Gasteiger partial charge in [-0.05, 0) is 19.4 Å². The Hall–Kier alpha value is -3.43. The molecule has 0 spiro atoms. The average molecular weight is 360 g/mol. The minimum atomic E-state index is -0.585. The molecule has 26 heavy (non-hydrogen) atoms. The lowest BCUT2D eigenvalue weighted by molar-refractivity contribution is -0.385.